The van der Waals surface area contributed by atoms with E-state index in [0.717, 1.165) is 5.56 Å². The zero-order valence-electron chi connectivity index (χ0n) is 9.24. The molecule has 2 aromatic rings. The molecule has 0 aromatic heterocycles. The normalized spacial score (nSPS) is 12.4. The van der Waals surface area contributed by atoms with Crippen LogP contribution in [0.15, 0.2) is 48.5 Å². The van der Waals surface area contributed by atoms with Crippen molar-refractivity contribution in [3.63, 3.8) is 0 Å². The highest BCUT2D eigenvalue weighted by Crippen LogP contribution is 2.19. The first-order valence-corrected chi connectivity index (χ1v) is 5.41. The van der Waals surface area contributed by atoms with E-state index in [1.165, 1.54) is 18.2 Å². The summed E-state index contributed by atoms with van der Waals surface area (Å²) in [6, 6.07) is 12.1. The Morgan fingerprint density at radius 1 is 0.941 bits per heavy atom. The summed E-state index contributed by atoms with van der Waals surface area (Å²) in [6.07, 6.45) is 0.487. The van der Waals surface area contributed by atoms with Crippen molar-refractivity contribution in [2.75, 3.05) is 0 Å². The van der Waals surface area contributed by atoms with Crippen LogP contribution in [0.1, 0.15) is 17.2 Å². The molecule has 1 nitrogen and oxygen atoms in total. The third kappa shape index (κ3) is 2.88. The van der Waals surface area contributed by atoms with Gasteiger partial charge in [-0.3, -0.25) is 0 Å². The van der Waals surface area contributed by atoms with Crippen LogP contribution in [0.2, 0.25) is 0 Å². The van der Waals surface area contributed by atoms with Crippen molar-refractivity contribution in [3.8, 4) is 0 Å². The molecule has 0 saturated carbocycles. The number of hydrogen-bond acceptors (Lipinski definition) is 1. The molecule has 0 heterocycles. The average molecular weight is 233 g/mol. The number of hydrogen-bond donors (Lipinski definition) is 1. The predicted molar refractivity (Wildman–Crippen MR) is 63.4 cm³/mol. The molecule has 0 aliphatic carbocycles. The van der Waals surface area contributed by atoms with Crippen LogP contribution in [-0.2, 0) is 6.42 Å². The van der Waals surface area contributed by atoms with Gasteiger partial charge in [-0.15, -0.1) is 0 Å². The smallest absolute Gasteiger partial charge is 0.127 e. The number of rotatable bonds is 3. The van der Waals surface area contributed by atoms with E-state index in [1.807, 2.05) is 0 Å². The molecule has 0 radical (unpaired) electrons. The summed E-state index contributed by atoms with van der Waals surface area (Å²) in [7, 11) is 0. The molecule has 1 atom stereocenters. The molecule has 1 unspecified atom stereocenters. The van der Waals surface area contributed by atoms with E-state index in [4.69, 9.17) is 5.73 Å². The second kappa shape index (κ2) is 5.06. The fourth-order valence-electron chi connectivity index (χ4n) is 1.76. The molecule has 3 heteroatoms. The molecule has 0 amide bonds. The van der Waals surface area contributed by atoms with Gasteiger partial charge in [-0.05, 0) is 30.2 Å². The molecule has 2 rings (SSSR count). The first-order valence-electron chi connectivity index (χ1n) is 5.41. The van der Waals surface area contributed by atoms with Crippen LogP contribution in [0.5, 0.6) is 0 Å². The first-order chi connectivity index (χ1) is 8.16. The number of nitrogens with two attached hydrogens (primary N) is 1. The molecule has 88 valence electrons. The monoisotopic (exact) mass is 233 g/mol. The van der Waals surface area contributed by atoms with Crippen LogP contribution in [0, 0.1) is 11.6 Å². The van der Waals surface area contributed by atoms with Crippen molar-refractivity contribution < 1.29 is 8.78 Å². The summed E-state index contributed by atoms with van der Waals surface area (Å²) in [4.78, 5) is 0. The Hall–Kier alpha value is -1.74. The molecular weight excluding hydrogens is 220 g/mol. The van der Waals surface area contributed by atoms with Crippen molar-refractivity contribution >= 4 is 0 Å². The second-order valence-electron chi connectivity index (χ2n) is 3.96. The molecule has 0 aliphatic heterocycles. The van der Waals surface area contributed by atoms with Crippen molar-refractivity contribution in [3.05, 3.63) is 71.3 Å². The standard InChI is InChI=1S/C14H13F2N/c15-11-7-5-10(6-8-11)9-14(17)12-3-1-2-4-13(12)16/h1-8,14H,9,17H2. The highest BCUT2D eigenvalue weighted by Gasteiger charge is 2.11. The molecule has 2 aromatic carbocycles. The number of halogens is 2. The van der Waals surface area contributed by atoms with Gasteiger partial charge in [-0.2, -0.15) is 0 Å². The minimum atomic E-state index is -0.415. The lowest BCUT2D eigenvalue weighted by Gasteiger charge is -2.12. The summed E-state index contributed by atoms with van der Waals surface area (Å²) in [6.45, 7) is 0. The van der Waals surface area contributed by atoms with Gasteiger partial charge in [0.15, 0.2) is 0 Å². The maximum atomic E-state index is 13.5. The molecule has 0 fully saturated rings. The Labute approximate surface area is 98.9 Å². The lowest BCUT2D eigenvalue weighted by atomic mass is 9.99. The SMILES string of the molecule is NC(Cc1ccc(F)cc1)c1ccccc1F. The Bertz CT molecular complexity index is 494. The van der Waals surface area contributed by atoms with Crippen LogP contribution in [0.25, 0.3) is 0 Å². The summed E-state index contributed by atoms with van der Waals surface area (Å²) in [5, 5.41) is 0. The fourth-order valence-corrected chi connectivity index (χ4v) is 1.76. The van der Waals surface area contributed by atoms with E-state index >= 15 is 0 Å². The molecular formula is C14H13F2N. The van der Waals surface area contributed by atoms with E-state index in [9.17, 15) is 8.78 Å². The zero-order chi connectivity index (χ0) is 12.3. The van der Waals surface area contributed by atoms with Gasteiger partial charge < -0.3 is 5.73 Å². The van der Waals surface area contributed by atoms with Crippen LogP contribution in [-0.4, -0.2) is 0 Å². The summed E-state index contributed by atoms with van der Waals surface area (Å²) < 4.78 is 26.2. The summed E-state index contributed by atoms with van der Waals surface area (Å²) >= 11 is 0. The Balaban J connectivity index is 2.14. The Morgan fingerprint density at radius 3 is 2.24 bits per heavy atom. The van der Waals surface area contributed by atoms with Crippen LogP contribution < -0.4 is 5.73 Å². The van der Waals surface area contributed by atoms with Gasteiger partial charge in [0.1, 0.15) is 11.6 Å². The average Bonchev–Trinajstić information content (AvgIpc) is 2.32. The molecule has 0 saturated heterocycles. The van der Waals surface area contributed by atoms with Crippen molar-refractivity contribution in [2.24, 2.45) is 5.73 Å². The van der Waals surface area contributed by atoms with E-state index in [-0.39, 0.29) is 11.6 Å². The van der Waals surface area contributed by atoms with Gasteiger partial charge in [0.2, 0.25) is 0 Å². The highest BCUT2D eigenvalue weighted by atomic mass is 19.1. The Kier molecular flexibility index (Phi) is 3.49. The van der Waals surface area contributed by atoms with E-state index < -0.39 is 6.04 Å². The minimum Gasteiger partial charge on any atom is -0.324 e. The van der Waals surface area contributed by atoms with Crippen molar-refractivity contribution in [2.45, 2.75) is 12.5 Å². The molecule has 2 N–H and O–H groups in total. The van der Waals surface area contributed by atoms with Gasteiger partial charge in [0.05, 0.1) is 0 Å². The van der Waals surface area contributed by atoms with Crippen LogP contribution in [0.4, 0.5) is 8.78 Å². The van der Waals surface area contributed by atoms with Crippen molar-refractivity contribution in [1.29, 1.82) is 0 Å². The first kappa shape index (κ1) is 11.7. The molecule has 0 spiro atoms. The largest absolute Gasteiger partial charge is 0.324 e. The van der Waals surface area contributed by atoms with E-state index in [2.05, 4.69) is 0 Å². The Morgan fingerprint density at radius 2 is 1.59 bits per heavy atom. The third-order valence-corrected chi connectivity index (χ3v) is 2.67. The maximum Gasteiger partial charge on any atom is 0.127 e. The third-order valence-electron chi connectivity index (χ3n) is 2.67. The second-order valence-corrected chi connectivity index (χ2v) is 3.96. The summed E-state index contributed by atoms with van der Waals surface area (Å²) in [5.74, 6) is -0.588. The van der Waals surface area contributed by atoms with Gasteiger partial charge in [0.25, 0.3) is 0 Å². The van der Waals surface area contributed by atoms with E-state index in [1.54, 1.807) is 30.3 Å². The maximum absolute atomic E-state index is 13.5. The lowest BCUT2D eigenvalue weighted by molar-refractivity contribution is 0.579. The van der Waals surface area contributed by atoms with Gasteiger partial charge in [-0.1, -0.05) is 30.3 Å². The van der Waals surface area contributed by atoms with Crippen LogP contribution >= 0.6 is 0 Å². The predicted octanol–water partition coefficient (Wildman–Crippen LogP) is 3.21. The van der Waals surface area contributed by atoms with E-state index in [0.29, 0.717) is 12.0 Å². The van der Waals surface area contributed by atoms with Gasteiger partial charge >= 0.3 is 0 Å². The van der Waals surface area contributed by atoms with Crippen LogP contribution in [0.3, 0.4) is 0 Å². The molecule has 0 bridgehead atoms. The minimum absolute atomic E-state index is 0.284. The summed E-state index contributed by atoms with van der Waals surface area (Å²) in [5.41, 5.74) is 7.31. The topological polar surface area (TPSA) is 26.0 Å². The highest BCUT2D eigenvalue weighted by molar-refractivity contribution is 5.24. The fraction of sp³-hybridized carbons (Fsp3) is 0.143. The van der Waals surface area contributed by atoms with Gasteiger partial charge in [0, 0.05) is 11.6 Å². The molecule has 0 aliphatic rings. The zero-order valence-corrected chi connectivity index (χ0v) is 9.24. The lowest BCUT2D eigenvalue weighted by Crippen LogP contribution is -2.14. The quantitative estimate of drug-likeness (QED) is 0.865. The van der Waals surface area contributed by atoms with Gasteiger partial charge in [-0.25, -0.2) is 8.78 Å². The molecule has 17 heavy (non-hydrogen) atoms. The number of benzene rings is 2. The van der Waals surface area contributed by atoms with Crippen molar-refractivity contribution in [1.82, 2.24) is 0 Å².